The quantitative estimate of drug-likeness (QED) is 0.437. The summed E-state index contributed by atoms with van der Waals surface area (Å²) in [5.41, 5.74) is 9.01. The summed E-state index contributed by atoms with van der Waals surface area (Å²) in [6.07, 6.45) is 5.94. The summed E-state index contributed by atoms with van der Waals surface area (Å²) in [5.74, 6) is 1.56. The van der Waals surface area contributed by atoms with Crippen LogP contribution in [-0.4, -0.2) is 33.7 Å². The van der Waals surface area contributed by atoms with Crippen molar-refractivity contribution in [1.82, 2.24) is 25.2 Å². The van der Waals surface area contributed by atoms with E-state index in [4.69, 9.17) is 10.7 Å². The molecule has 4 N–H and O–H groups in total. The van der Waals surface area contributed by atoms with Crippen LogP contribution in [0.25, 0.3) is 21.9 Å². The molecule has 7 heteroatoms. The number of aromatic nitrogens is 3. The Kier molecular flexibility index (Phi) is 7.27. The summed E-state index contributed by atoms with van der Waals surface area (Å²) in [5, 5.41) is 6.84. The number of imidazole rings is 1. The molecule has 0 saturated carbocycles. The van der Waals surface area contributed by atoms with E-state index in [0.29, 0.717) is 18.9 Å². The number of nitrogens with two attached hydrogens (primary N) is 1. The van der Waals surface area contributed by atoms with Crippen LogP contribution in [0.1, 0.15) is 54.6 Å². The molecule has 29 heavy (non-hydrogen) atoms. The summed E-state index contributed by atoms with van der Waals surface area (Å²) in [7, 11) is 0. The molecule has 7 nitrogen and oxygen atoms in total. The lowest BCUT2D eigenvalue weighted by atomic mass is 10.2. The van der Waals surface area contributed by atoms with Gasteiger partial charge in [0, 0.05) is 34.3 Å². The van der Waals surface area contributed by atoms with Gasteiger partial charge in [0.05, 0.1) is 11.0 Å². The number of urea groups is 1. The molecule has 0 bridgehead atoms. The van der Waals surface area contributed by atoms with Crippen molar-refractivity contribution < 1.29 is 7.65 Å². The lowest BCUT2D eigenvalue weighted by Gasteiger charge is -2.11. The third-order valence-electron chi connectivity index (χ3n) is 5.07. The third kappa shape index (κ3) is 4.96. The fourth-order valence-electron chi connectivity index (χ4n) is 3.57. The van der Waals surface area contributed by atoms with Crippen molar-refractivity contribution in [3.8, 4) is 0 Å². The summed E-state index contributed by atoms with van der Waals surface area (Å²) >= 11 is 0. The summed E-state index contributed by atoms with van der Waals surface area (Å²) < 4.78 is 2.31. The Hall–Kier alpha value is -2.83. The number of carbonyl (C=O) groups excluding carboxylic acids is 1. The maximum absolute atomic E-state index is 11.7. The molecule has 0 aliphatic rings. The molecular formula is C22H36N6O. The number of rotatable bonds is 10. The normalized spacial score (nSPS) is 11.2. The lowest BCUT2D eigenvalue weighted by Crippen LogP contribution is -2.36. The van der Waals surface area contributed by atoms with Crippen LogP contribution < -0.4 is 16.4 Å². The molecule has 0 radical (unpaired) electrons. The largest absolute Gasteiger partial charge is 0.382 e. The standard InChI is InChI=1S/C22H32N6O.2H2/c1-3-5-12-18-27-19-20(16-10-6-7-11-17(16)26-21(19)23)28(18)15-9-8-14-25-22(29)24-13-4-2;;/h6-7,10-11H,3-5,8-9,12-15H2,1-2H3,(H2,23,26)(H2,24,25,29);2*1H. The zero-order valence-corrected chi connectivity index (χ0v) is 17.5. The van der Waals surface area contributed by atoms with Gasteiger partial charge in [-0.15, -0.1) is 0 Å². The highest BCUT2D eigenvalue weighted by Crippen LogP contribution is 2.29. The molecule has 0 saturated heterocycles. The fourth-order valence-corrected chi connectivity index (χ4v) is 3.57. The van der Waals surface area contributed by atoms with E-state index in [1.165, 1.54) is 0 Å². The van der Waals surface area contributed by atoms with Gasteiger partial charge in [-0.25, -0.2) is 14.8 Å². The van der Waals surface area contributed by atoms with Gasteiger partial charge < -0.3 is 20.9 Å². The Morgan fingerprint density at radius 2 is 1.86 bits per heavy atom. The highest BCUT2D eigenvalue weighted by atomic mass is 16.2. The van der Waals surface area contributed by atoms with E-state index in [-0.39, 0.29) is 8.88 Å². The van der Waals surface area contributed by atoms with Crippen LogP contribution in [0.4, 0.5) is 10.6 Å². The van der Waals surface area contributed by atoms with E-state index < -0.39 is 0 Å². The van der Waals surface area contributed by atoms with E-state index in [2.05, 4.69) is 33.2 Å². The zero-order valence-electron chi connectivity index (χ0n) is 17.5. The van der Waals surface area contributed by atoms with Crippen molar-refractivity contribution in [2.24, 2.45) is 0 Å². The first kappa shape index (κ1) is 20.9. The zero-order chi connectivity index (χ0) is 20.6. The second kappa shape index (κ2) is 10.1. The monoisotopic (exact) mass is 400 g/mol. The average molecular weight is 401 g/mol. The Labute approximate surface area is 175 Å². The minimum Gasteiger partial charge on any atom is -0.382 e. The number of amides is 2. The number of nitrogens with one attached hydrogen (secondary N) is 2. The van der Waals surface area contributed by atoms with Crippen LogP contribution >= 0.6 is 0 Å². The number of nitrogens with zero attached hydrogens (tertiary/aromatic N) is 3. The number of hydrogen-bond donors (Lipinski definition) is 3. The summed E-state index contributed by atoms with van der Waals surface area (Å²) in [6, 6.07) is 8.00. The summed E-state index contributed by atoms with van der Waals surface area (Å²) in [6.45, 7) is 6.44. The maximum atomic E-state index is 11.7. The number of para-hydroxylation sites is 1. The Bertz CT molecular complexity index is 975. The van der Waals surface area contributed by atoms with Crippen LogP contribution in [-0.2, 0) is 13.0 Å². The molecule has 0 atom stereocenters. The van der Waals surface area contributed by atoms with Crippen molar-refractivity contribution >= 4 is 33.8 Å². The van der Waals surface area contributed by atoms with Crippen molar-refractivity contribution in [3.63, 3.8) is 0 Å². The number of benzene rings is 1. The number of nitrogen functional groups attached to an aromatic ring is 1. The van der Waals surface area contributed by atoms with E-state index in [1.807, 2.05) is 25.1 Å². The maximum Gasteiger partial charge on any atom is 0.314 e. The van der Waals surface area contributed by atoms with Crippen molar-refractivity contribution in [3.05, 3.63) is 30.1 Å². The van der Waals surface area contributed by atoms with Gasteiger partial charge in [-0.3, -0.25) is 0 Å². The molecule has 0 spiro atoms. The number of unbranched alkanes of at least 4 members (excludes halogenated alkanes) is 2. The molecule has 0 aliphatic heterocycles. The average Bonchev–Trinajstić information content (AvgIpc) is 3.10. The van der Waals surface area contributed by atoms with Gasteiger partial charge in [0.1, 0.15) is 11.3 Å². The van der Waals surface area contributed by atoms with Crippen LogP contribution in [0.5, 0.6) is 0 Å². The number of carbonyl (C=O) groups is 1. The summed E-state index contributed by atoms with van der Waals surface area (Å²) in [4.78, 5) is 21.1. The minimum atomic E-state index is -0.0894. The molecule has 160 valence electrons. The fraction of sp³-hybridized carbons (Fsp3) is 0.500. The van der Waals surface area contributed by atoms with Crippen LogP contribution in [0, 0.1) is 0 Å². The predicted octanol–water partition coefficient (Wildman–Crippen LogP) is 4.49. The second-order valence-corrected chi connectivity index (χ2v) is 7.38. The molecule has 2 aromatic heterocycles. The minimum absolute atomic E-state index is 0. The van der Waals surface area contributed by atoms with Crippen LogP contribution in [0.2, 0.25) is 0 Å². The number of hydrogen-bond acceptors (Lipinski definition) is 4. The highest BCUT2D eigenvalue weighted by molar-refractivity contribution is 6.06. The van der Waals surface area contributed by atoms with Gasteiger partial charge in [0.15, 0.2) is 5.82 Å². The predicted molar refractivity (Wildman–Crippen MR) is 123 cm³/mol. The Balaban J connectivity index is 0.00000240. The van der Waals surface area contributed by atoms with Gasteiger partial charge in [-0.1, -0.05) is 38.5 Å². The molecule has 0 unspecified atom stereocenters. The molecule has 1 aromatic carbocycles. The first-order chi connectivity index (χ1) is 14.2. The van der Waals surface area contributed by atoms with Gasteiger partial charge in [-0.2, -0.15) is 0 Å². The first-order valence-electron chi connectivity index (χ1n) is 10.7. The van der Waals surface area contributed by atoms with E-state index in [0.717, 1.165) is 72.8 Å². The number of anilines is 1. The Morgan fingerprint density at radius 3 is 2.66 bits per heavy atom. The molecule has 3 rings (SSSR count). The SMILES string of the molecule is CCCCc1nc2c(N)nc3ccccc3c2n1CCCCNC(=O)NCCC.[HH].[HH]. The van der Waals surface area contributed by atoms with E-state index in [1.54, 1.807) is 0 Å². The van der Waals surface area contributed by atoms with Crippen molar-refractivity contribution in [2.75, 3.05) is 18.8 Å². The van der Waals surface area contributed by atoms with Gasteiger partial charge in [-0.05, 0) is 31.7 Å². The third-order valence-corrected chi connectivity index (χ3v) is 5.07. The molecule has 0 aliphatic carbocycles. The van der Waals surface area contributed by atoms with Crippen molar-refractivity contribution in [1.29, 1.82) is 0 Å². The highest BCUT2D eigenvalue weighted by Gasteiger charge is 2.16. The van der Waals surface area contributed by atoms with Crippen molar-refractivity contribution in [2.45, 2.75) is 58.9 Å². The second-order valence-electron chi connectivity index (χ2n) is 7.38. The van der Waals surface area contributed by atoms with Gasteiger partial charge in [0.2, 0.25) is 0 Å². The first-order valence-corrected chi connectivity index (χ1v) is 10.7. The molecule has 3 aromatic rings. The van der Waals surface area contributed by atoms with Gasteiger partial charge >= 0.3 is 6.03 Å². The molecular weight excluding hydrogens is 364 g/mol. The van der Waals surface area contributed by atoms with E-state index in [9.17, 15) is 4.79 Å². The van der Waals surface area contributed by atoms with Crippen LogP contribution in [0.3, 0.4) is 0 Å². The number of pyridine rings is 1. The van der Waals surface area contributed by atoms with Crippen LogP contribution in [0.15, 0.2) is 24.3 Å². The lowest BCUT2D eigenvalue weighted by molar-refractivity contribution is 0.240. The topological polar surface area (TPSA) is 97.9 Å². The smallest absolute Gasteiger partial charge is 0.314 e. The number of fused-ring (bicyclic) bond motifs is 3. The molecule has 0 fully saturated rings. The van der Waals surface area contributed by atoms with E-state index >= 15 is 0 Å². The van der Waals surface area contributed by atoms with Gasteiger partial charge in [0.25, 0.3) is 0 Å². The molecule has 2 amide bonds. The Morgan fingerprint density at radius 1 is 1.07 bits per heavy atom. The number of aryl methyl sites for hydroxylation is 2. The molecule has 2 heterocycles.